The molecule has 2 N–H and O–H groups in total. The van der Waals surface area contributed by atoms with Gasteiger partial charge in [0.05, 0.1) is 6.54 Å². The molecule has 0 aromatic carbocycles. The Morgan fingerprint density at radius 1 is 1.33 bits per heavy atom. The fourth-order valence-corrected chi connectivity index (χ4v) is 3.03. The average Bonchev–Trinajstić information content (AvgIpc) is 2.98. The van der Waals surface area contributed by atoms with Crippen LogP contribution in [0.25, 0.3) is 0 Å². The van der Waals surface area contributed by atoms with Crippen molar-refractivity contribution in [1.29, 1.82) is 0 Å². The van der Waals surface area contributed by atoms with E-state index in [0.717, 1.165) is 45.0 Å². The Kier molecular flexibility index (Phi) is 9.11. The minimum Gasteiger partial charge on any atom is -0.357 e. The molecule has 1 fully saturated rings. The molecule has 24 heavy (non-hydrogen) atoms. The van der Waals surface area contributed by atoms with Gasteiger partial charge in [-0.15, -0.1) is 0 Å². The maximum Gasteiger partial charge on any atom is 0.222 e. The zero-order valence-electron chi connectivity index (χ0n) is 16.4. The number of hydrogen-bond donors (Lipinski definition) is 2. The van der Waals surface area contributed by atoms with Gasteiger partial charge < -0.3 is 20.4 Å². The molecule has 0 bridgehead atoms. The van der Waals surface area contributed by atoms with E-state index in [2.05, 4.69) is 50.4 Å². The molecule has 6 heteroatoms. The summed E-state index contributed by atoms with van der Waals surface area (Å²) in [6, 6.07) is 0.739. The van der Waals surface area contributed by atoms with Crippen LogP contribution >= 0.6 is 0 Å². The van der Waals surface area contributed by atoms with Crippen molar-refractivity contribution in [3.05, 3.63) is 0 Å². The molecule has 6 nitrogen and oxygen atoms in total. The van der Waals surface area contributed by atoms with Crippen LogP contribution in [-0.4, -0.2) is 74.0 Å². The predicted octanol–water partition coefficient (Wildman–Crippen LogP) is 1.53. The number of amides is 1. The van der Waals surface area contributed by atoms with Crippen molar-refractivity contribution in [1.82, 2.24) is 20.4 Å². The van der Waals surface area contributed by atoms with Gasteiger partial charge in [-0.2, -0.15) is 0 Å². The molecule has 0 saturated carbocycles. The molecule has 140 valence electrons. The first-order chi connectivity index (χ1) is 11.4. The van der Waals surface area contributed by atoms with Crippen LogP contribution in [0, 0.1) is 5.92 Å². The monoisotopic (exact) mass is 339 g/mol. The summed E-state index contributed by atoms with van der Waals surface area (Å²) in [6.07, 6.45) is 2.71. The van der Waals surface area contributed by atoms with Crippen LogP contribution in [-0.2, 0) is 4.79 Å². The lowest BCUT2D eigenvalue weighted by Gasteiger charge is -2.25. The minimum atomic E-state index is 0.242. The maximum absolute atomic E-state index is 11.8. The minimum absolute atomic E-state index is 0.242. The fraction of sp³-hybridized carbons (Fsp3) is 0.889. The van der Waals surface area contributed by atoms with Crippen molar-refractivity contribution in [3.63, 3.8) is 0 Å². The Morgan fingerprint density at radius 2 is 2.04 bits per heavy atom. The van der Waals surface area contributed by atoms with Gasteiger partial charge in [-0.05, 0) is 39.8 Å². The zero-order valence-corrected chi connectivity index (χ0v) is 16.4. The number of aliphatic imine (C=N–C) groups is 1. The van der Waals surface area contributed by atoms with Crippen molar-refractivity contribution >= 4 is 11.9 Å². The number of nitrogens with one attached hydrogen (secondary N) is 2. The smallest absolute Gasteiger partial charge is 0.222 e. The Morgan fingerprint density at radius 3 is 2.58 bits per heavy atom. The quantitative estimate of drug-likeness (QED) is 0.520. The Balaban J connectivity index is 2.60. The second-order valence-corrected chi connectivity index (χ2v) is 7.29. The Bertz CT molecular complexity index is 408. The van der Waals surface area contributed by atoms with E-state index in [0.29, 0.717) is 24.4 Å². The van der Waals surface area contributed by atoms with E-state index in [-0.39, 0.29) is 5.91 Å². The van der Waals surface area contributed by atoms with E-state index < -0.39 is 0 Å². The van der Waals surface area contributed by atoms with Crippen LogP contribution in [0.2, 0.25) is 0 Å². The highest BCUT2D eigenvalue weighted by molar-refractivity contribution is 5.80. The number of carbonyl (C=O) groups is 1. The van der Waals surface area contributed by atoms with Gasteiger partial charge in [0.15, 0.2) is 5.96 Å². The topological polar surface area (TPSA) is 60.0 Å². The second-order valence-electron chi connectivity index (χ2n) is 7.29. The highest BCUT2D eigenvalue weighted by Crippen LogP contribution is 2.11. The molecule has 0 aromatic heterocycles. The Hall–Kier alpha value is -1.30. The van der Waals surface area contributed by atoms with Crippen LogP contribution in [0.15, 0.2) is 4.99 Å². The summed E-state index contributed by atoms with van der Waals surface area (Å²) >= 11 is 0. The first-order valence-corrected chi connectivity index (χ1v) is 9.36. The summed E-state index contributed by atoms with van der Waals surface area (Å²) < 4.78 is 0. The number of likely N-dealkylation sites (tertiary alicyclic amines) is 1. The molecule has 1 aliphatic heterocycles. The molecule has 1 aliphatic rings. The third-order valence-corrected chi connectivity index (χ3v) is 4.46. The van der Waals surface area contributed by atoms with Crippen LogP contribution in [0.4, 0.5) is 0 Å². The number of nitrogens with zero attached hydrogens (tertiary/aromatic N) is 3. The van der Waals surface area contributed by atoms with Gasteiger partial charge in [0.1, 0.15) is 0 Å². The zero-order chi connectivity index (χ0) is 18.1. The predicted molar refractivity (Wildman–Crippen MR) is 101 cm³/mol. The molecule has 0 aliphatic carbocycles. The van der Waals surface area contributed by atoms with Crippen molar-refractivity contribution < 1.29 is 4.79 Å². The van der Waals surface area contributed by atoms with Crippen molar-refractivity contribution in [3.8, 4) is 0 Å². The second kappa shape index (κ2) is 10.5. The molecule has 0 aromatic rings. The molecule has 1 saturated heterocycles. The third-order valence-electron chi connectivity index (χ3n) is 4.46. The summed E-state index contributed by atoms with van der Waals surface area (Å²) in [5.74, 6) is 1.77. The normalized spacial score (nSPS) is 19.9. The van der Waals surface area contributed by atoms with Crippen molar-refractivity contribution in [2.24, 2.45) is 10.9 Å². The molecule has 2 unspecified atom stereocenters. The molecular formula is C18H37N5O. The molecule has 0 radical (unpaired) electrons. The first kappa shape index (κ1) is 20.7. The largest absolute Gasteiger partial charge is 0.357 e. The van der Waals surface area contributed by atoms with Crippen LogP contribution in [0.1, 0.15) is 47.0 Å². The number of likely N-dealkylation sites (N-methyl/N-ethyl adjacent to an activating group) is 1. The lowest BCUT2D eigenvalue weighted by Crippen LogP contribution is -2.45. The summed E-state index contributed by atoms with van der Waals surface area (Å²) in [7, 11) is 4.24. The van der Waals surface area contributed by atoms with Crippen LogP contribution < -0.4 is 10.6 Å². The number of carbonyl (C=O) groups excluding carboxylic acids is 1. The number of guanidine groups is 1. The van der Waals surface area contributed by atoms with E-state index >= 15 is 0 Å². The van der Waals surface area contributed by atoms with Crippen LogP contribution in [0.5, 0.6) is 0 Å². The Labute approximate surface area is 148 Å². The van der Waals surface area contributed by atoms with E-state index in [9.17, 15) is 4.79 Å². The van der Waals surface area contributed by atoms with Gasteiger partial charge in [0.2, 0.25) is 5.91 Å². The number of rotatable bonds is 8. The average molecular weight is 340 g/mol. The standard InChI is InChI=1S/C18H37N5O/c1-7-17(24)23-10-9-15(13-23)21-18(19-8-2)20-12-16(22(5)6)11-14(3)4/h14-16H,7-13H2,1-6H3,(H2,19,20,21). The van der Waals surface area contributed by atoms with Gasteiger partial charge in [-0.1, -0.05) is 20.8 Å². The highest BCUT2D eigenvalue weighted by atomic mass is 16.2. The first-order valence-electron chi connectivity index (χ1n) is 9.36. The van der Waals surface area contributed by atoms with Gasteiger partial charge >= 0.3 is 0 Å². The van der Waals surface area contributed by atoms with Gasteiger partial charge in [-0.25, -0.2) is 0 Å². The lowest BCUT2D eigenvalue weighted by atomic mass is 10.0. The SMILES string of the molecule is CCNC(=NCC(CC(C)C)N(C)C)NC1CCN(C(=O)CC)C1. The van der Waals surface area contributed by atoms with Crippen molar-refractivity contribution in [2.75, 3.05) is 40.3 Å². The summed E-state index contributed by atoms with van der Waals surface area (Å²) in [6.45, 7) is 11.7. The fourth-order valence-electron chi connectivity index (χ4n) is 3.03. The van der Waals surface area contributed by atoms with Crippen molar-refractivity contribution in [2.45, 2.75) is 59.0 Å². The van der Waals surface area contributed by atoms with E-state index in [1.807, 2.05) is 11.8 Å². The maximum atomic E-state index is 11.8. The third kappa shape index (κ3) is 7.07. The highest BCUT2D eigenvalue weighted by Gasteiger charge is 2.25. The summed E-state index contributed by atoms with van der Waals surface area (Å²) in [5, 5.41) is 6.83. The summed E-state index contributed by atoms with van der Waals surface area (Å²) in [5.41, 5.74) is 0. The molecule has 1 heterocycles. The van der Waals surface area contributed by atoms with E-state index in [4.69, 9.17) is 4.99 Å². The lowest BCUT2D eigenvalue weighted by molar-refractivity contribution is -0.129. The molecule has 0 spiro atoms. The van der Waals surface area contributed by atoms with Gasteiger partial charge in [-0.3, -0.25) is 9.79 Å². The summed E-state index contributed by atoms with van der Waals surface area (Å²) in [4.78, 5) is 20.8. The van der Waals surface area contributed by atoms with Gasteiger partial charge in [0, 0.05) is 38.1 Å². The molecule has 2 atom stereocenters. The molecule has 1 rings (SSSR count). The molecule has 1 amide bonds. The van der Waals surface area contributed by atoms with Gasteiger partial charge in [0.25, 0.3) is 0 Å². The molecular weight excluding hydrogens is 302 g/mol. The number of hydrogen-bond acceptors (Lipinski definition) is 3. The van der Waals surface area contributed by atoms with E-state index in [1.54, 1.807) is 0 Å². The van der Waals surface area contributed by atoms with E-state index in [1.165, 1.54) is 0 Å². The van der Waals surface area contributed by atoms with Crippen LogP contribution in [0.3, 0.4) is 0 Å².